The molecule has 2 aliphatic heterocycles. The van der Waals surface area contributed by atoms with Crippen LogP contribution in [0.15, 0.2) is 59.5 Å². The van der Waals surface area contributed by atoms with Gasteiger partial charge >= 0.3 is 12.1 Å². The van der Waals surface area contributed by atoms with Gasteiger partial charge < -0.3 is 33.7 Å². The Balaban J connectivity index is 1.52. The molecule has 0 bridgehead atoms. The third kappa shape index (κ3) is 10.2. The monoisotopic (exact) mass is 704 g/mol. The SMILES string of the molecule is CCN(C(=O)OC(C)(C)C)[C@H]1CO[C@@H]2OC[C@H](OC(=O)C[C@@H](Cc3ccccc3)[C@H](O)CN(CC(C)C)S(=O)(=O)c3ccc(OC)cc3)[C@@H]21. The number of fused-ring (bicyclic) bond motifs is 1. The van der Waals surface area contributed by atoms with Crippen LogP contribution < -0.4 is 4.74 Å². The van der Waals surface area contributed by atoms with Crippen LogP contribution >= 0.6 is 0 Å². The summed E-state index contributed by atoms with van der Waals surface area (Å²) in [6.07, 6.45) is -2.87. The summed E-state index contributed by atoms with van der Waals surface area (Å²) in [6, 6.07) is 15.1. The molecule has 0 aromatic heterocycles. The van der Waals surface area contributed by atoms with Gasteiger partial charge in [0.2, 0.25) is 10.0 Å². The number of esters is 1. The standard InChI is InChI=1S/C36H52N2O10S/c1-8-38(35(41)48-36(4,5)6)29-22-45-34-33(29)31(23-46-34)47-32(40)19-26(18-25-12-10-9-11-13-25)30(39)21-37(20-24(2)3)49(42,43)28-16-14-27(44-7)15-17-28/h9-17,24,26,29-31,33-34,39H,8,18-23H2,1-7H3/t26-,29+,30-,31+,33+,34-/m1/s1. The molecule has 0 unspecified atom stereocenters. The largest absolute Gasteiger partial charge is 0.497 e. The maximum atomic E-state index is 13.8. The molecule has 2 aromatic carbocycles. The molecule has 0 spiro atoms. The van der Waals surface area contributed by atoms with Gasteiger partial charge in [-0.25, -0.2) is 13.2 Å². The number of carbonyl (C=O) groups excluding carboxylic acids is 2. The van der Waals surface area contributed by atoms with Gasteiger partial charge in [0, 0.05) is 25.6 Å². The molecule has 272 valence electrons. The van der Waals surface area contributed by atoms with Crippen molar-refractivity contribution in [2.45, 2.75) is 89.4 Å². The second kappa shape index (κ2) is 16.7. The lowest BCUT2D eigenvalue weighted by atomic mass is 9.90. The predicted molar refractivity (Wildman–Crippen MR) is 182 cm³/mol. The summed E-state index contributed by atoms with van der Waals surface area (Å²) in [5.41, 5.74) is 0.201. The molecule has 0 aliphatic carbocycles. The Bertz CT molecular complexity index is 1480. The van der Waals surface area contributed by atoms with Crippen LogP contribution in [0, 0.1) is 17.8 Å². The van der Waals surface area contributed by atoms with Crippen molar-refractivity contribution in [3.63, 3.8) is 0 Å². The summed E-state index contributed by atoms with van der Waals surface area (Å²) >= 11 is 0. The number of hydrogen-bond donors (Lipinski definition) is 1. The molecule has 1 amide bonds. The number of benzene rings is 2. The van der Waals surface area contributed by atoms with Crippen LogP contribution in [0.25, 0.3) is 0 Å². The van der Waals surface area contributed by atoms with E-state index in [0.29, 0.717) is 18.7 Å². The summed E-state index contributed by atoms with van der Waals surface area (Å²) in [5.74, 6) is -1.16. The highest BCUT2D eigenvalue weighted by atomic mass is 32.2. The number of hydrogen-bond acceptors (Lipinski definition) is 10. The van der Waals surface area contributed by atoms with E-state index in [1.807, 2.05) is 51.1 Å². The first-order valence-electron chi connectivity index (χ1n) is 16.9. The Hall–Kier alpha value is -3.23. The molecule has 6 atom stereocenters. The predicted octanol–water partition coefficient (Wildman–Crippen LogP) is 4.49. The average Bonchev–Trinajstić information content (AvgIpc) is 3.63. The topological polar surface area (TPSA) is 141 Å². The molecule has 0 radical (unpaired) electrons. The first kappa shape index (κ1) is 38.6. The molecule has 2 fully saturated rings. The van der Waals surface area contributed by atoms with Gasteiger partial charge in [0.15, 0.2) is 6.29 Å². The molecule has 4 rings (SSSR count). The summed E-state index contributed by atoms with van der Waals surface area (Å²) < 4.78 is 57.3. The Kier molecular flexibility index (Phi) is 13.1. The van der Waals surface area contributed by atoms with E-state index >= 15 is 0 Å². The lowest BCUT2D eigenvalue weighted by molar-refractivity contribution is -0.153. The molecular weight excluding hydrogens is 652 g/mol. The molecule has 2 heterocycles. The molecule has 2 aromatic rings. The van der Waals surface area contributed by atoms with Crippen LogP contribution in [0.3, 0.4) is 0 Å². The van der Waals surface area contributed by atoms with Gasteiger partial charge in [0.25, 0.3) is 0 Å². The van der Waals surface area contributed by atoms with Gasteiger partial charge in [-0.05, 0) is 69.9 Å². The van der Waals surface area contributed by atoms with Crippen molar-refractivity contribution in [3.05, 3.63) is 60.2 Å². The zero-order valence-electron chi connectivity index (χ0n) is 29.6. The lowest BCUT2D eigenvalue weighted by Crippen LogP contribution is -2.49. The maximum Gasteiger partial charge on any atom is 0.410 e. The van der Waals surface area contributed by atoms with Crippen molar-refractivity contribution in [1.29, 1.82) is 0 Å². The zero-order chi connectivity index (χ0) is 35.9. The van der Waals surface area contributed by atoms with Crippen LogP contribution in [0.2, 0.25) is 0 Å². The molecule has 1 N–H and O–H groups in total. The number of aliphatic hydroxyl groups is 1. The first-order chi connectivity index (χ1) is 23.1. The van der Waals surface area contributed by atoms with Gasteiger partial charge in [-0.15, -0.1) is 0 Å². The minimum Gasteiger partial charge on any atom is -0.497 e. The van der Waals surface area contributed by atoms with E-state index in [1.165, 1.54) is 23.5 Å². The fourth-order valence-electron chi connectivity index (χ4n) is 6.33. The zero-order valence-corrected chi connectivity index (χ0v) is 30.4. The molecule has 12 nitrogen and oxygen atoms in total. The minimum atomic E-state index is -3.99. The number of carbonyl (C=O) groups is 2. The summed E-state index contributed by atoms with van der Waals surface area (Å²) in [4.78, 5) is 28.3. The van der Waals surface area contributed by atoms with Gasteiger partial charge in [0.05, 0.1) is 49.7 Å². The van der Waals surface area contributed by atoms with E-state index < -0.39 is 64.1 Å². The number of rotatable bonds is 15. The van der Waals surface area contributed by atoms with Crippen molar-refractivity contribution in [3.8, 4) is 5.75 Å². The third-order valence-corrected chi connectivity index (χ3v) is 10.5. The van der Waals surface area contributed by atoms with E-state index in [1.54, 1.807) is 37.8 Å². The van der Waals surface area contributed by atoms with Crippen LogP contribution in [-0.4, -0.2) is 105 Å². The number of sulfonamides is 1. The second-order valence-corrected chi connectivity index (χ2v) is 16.0. The summed E-state index contributed by atoms with van der Waals surface area (Å²) in [7, 11) is -2.48. The van der Waals surface area contributed by atoms with Crippen molar-refractivity contribution < 1.29 is 46.8 Å². The second-order valence-electron chi connectivity index (χ2n) is 14.1. The molecular formula is C36H52N2O10S. The fourth-order valence-corrected chi connectivity index (χ4v) is 7.96. The van der Waals surface area contributed by atoms with Crippen LogP contribution in [0.1, 0.15) is 53.5 Å². The molecule has 13 heteroatoms. The number of amides is 1. The quantitative estimate of drug-likeness (QED) is 0.264. The summed E-state index contributed by atoms with van der Waals surface area (Å²) in [5, 5.41) is 11.7. The van der Waals surface area contributed by atoms with Gasteiger partial charge in [-0.3, -0.25) is 4.79 Å². The highest BCUT2D eigenvalue weighted by Gasteiger charge is 2.53. The van der Waals surface area contributed by atoms with E-state index in [-0.39, 0.29) is 43.5 Å². The Morgan fingerprint density at radius 2 is 1.65 bits per heavy atom. The summed E-state index contributed by atoms with van der Waals surface area (Å²) in [6.45, 7) is 11.7. The van der Waals surface area contributed by atoms with Gasteiger partial charge in [0.1, 0.15) is 17.5 Å². The maximum absolute atomic E-state index is 13.8. The molecule has 0 saturated carbocycles. The Morgan fingerprint density at radius 3 is 2.24 bits per heavy atom. The number of likely N-dealkylation sites (N-methyl/N-ethyl adjacent to an activating group) is 1. The molecule has 2 aliphatic rings. The number of ether oxygens (including phenoxy) is 5. The smallest absolute Gasteiger partial charge is 0.410 e. The van der Waals surface area contributed by atoms with Gasteiger partial charge in [-0.1, -0.05) is 44.2 Å². The van der Waals surface area contributed by atoms with Crippen molar-refractivity contribution in [2.75, 3.05) is 40.0 Å². The number of aliphatic hydroxyl groups excluding tert-OH is 1. The van der Waals surface area contributed by atoms with E-state index in [4.69, 9.17) is 23.7 Å². The highest BCUT2D eigenvalue weighted by molar-refractivity contribution is 7.89. The minimum absolute atomic E-state index is 0.0296. The fraction of sp³-hybridized carbons (Fsp3) is 0.611. The van der Waals surface area contributed by atoms with Crippen LogP contribution in [0.4, 0.5) is 4.79 Å². The normalized spacial score (nSPS) is 22.1. The average molecular weight is 705 g/mol. The highest BCUT2D eigenvalue weighted by Crippen LogP contribution is 2.37. The van der Waals surface area contributed by atoms with Crippen LogP contribution in [0.5, 0.6) is 5.75 Å². The van der Waals surface area contributed by atoms with Crippen molar-refractivity contribution in [2.24, 2.45) is 17.8 Å². The lowest BCUT2D eigenvalue weighted by Gasteiger charge is -2.34. The first-order valence-corrected chi connectivity index (χ1v) is 18.4. The van der Waals surface area contributed by atoms with E-state index in [2.05, 4.69) is 0 Å². The van der Waals surface area contributed by atoms with Crippen molar-refractivity contribution in [1.82, 2.24) is 9.21 Å². The Labute approximate surface area is 290 Å². The number of nitrogens with zero attached hydrogens (tertiary/aromatic N) is 2. The molecule has 49 heavy (non-hydrogen) atoms. The number of methoxy groups -OCH3 is 1. The Morgan fingerprint density at radius 1 is 1.00 bits per heavy atom. The third-order valence-electron chi connectivity index (χ3n) is 8.67. The van der Waals surface area contributed by atoms with E-state index in [9.17, 15) is 23.1 Å². The molecule has 2 saturated heterocycles. The van der Waals surface area contributed by atoms with Gasteiger partial charge in [-0.2, -0.15) is 4.31 Å². The van der Waals surface area contributed by atoms with Crippen LogP contribution in [-0.2, 0) is 40.2 Å². The van der Waals surface area contributed by atoms with Crippen molar-refractivity contribution >= 4 is 22.1 Å². The van der Waals surface area contributed by atoms with E-state index in [0.717, 1.165) is 5.56 Å².